The molecule has 7 heavy (non-hydrogen) atoms. The van der Waals surface area contributed by atoms with Gasteiger partial charge in [0.2, 0.25) is 0 Å². The molecule has 40 valence electrons. The fourth-order valence-corrected chi connectivity index (χ4v) is 0.808. The molecule has 0 aromatic carbocycles. The molecule has 0 radical (unpaired) electrons. The first-order chi connectivity index (χ1) is 3.31. The quantitative estimate of drug-likeness (QED) is 0.467. The van der Waals surface area contributed by atoms with Gasteiger partial charge in [0, 0.05) is 0 Å². The van der Waals surface area contributed by atoms with Crippen molar-refractivity contribution in [3.63, 3.8) is 0 Å². The van der Waals surface area contributed by atoms with Crippen LogP contribution in [-0.2, 0) is 4.74 Å². The van der Waals surface area contributed by atoms with Crippen LogP contribution in [0.2, 0.25) is 0 Å². The van der Waals surface area contributed by atoms with E-state index < -0.39 is 0 Å². The van der Waals surface area contributed by atoms with Crippen LogP contribution >= 0.6 is 0 Å². The number of epoxide rings is 1. The van der Waals surface area contributed by atoms with E-state index in [0.717, 1.165) is 19.4 Å². The average Bonchev–Trinajstić information content (AvgIpc) is 2.14. The van der Waals surface area contributed by atoms with E-state index in [1.165, 1.54) is 0 Å². The van der Waals surface area contributed by atoms with Crippen LogP contribution in [0.3, 0.4) is 0 Å². The number of aliphatic hydroxyl groups is 1. The zero-order chi connectivity index (χ0) is 4.91. The maximum absolute atomic E-state index is 9.14. The molecule has 0 aromatic heterocycles. The fraction of sp³-hybridized carbons (Fsp3) is 1.00. The summed E-state index contributed by atoms with van der Waals surface area (Å²) in [6, 6.07) is 0. The van der Waals surface area contributed by atoms with Crippen LogP contribution in [0, 0.1) is 0 Å². The predicted octanol–water partition coefficient (Wildman–Crippen LogP) is -0.0899. The molecule has 1 aliphatic carbocycles. The molecule has 1 aliphatic heterocycles. The van der Waals surface area contributed by atoms with Crippen LogP contribution in [0.1, 0.15) is 12.8 Å². The summed E-state index contributed by atoms with van der Waals surface area (Å²) in [5.41, 5.74) is -0.361. The van der Waals surface area contributed by atoms with Gasteiger partial charge in [-0.15, -0.1) is 0 Å². The Hall–Kier alpha value is -0.0800. The third-order valence-electron chi connectivity index (χ3n) is 1.69. The fourth-order valence-electron chi connectivity index (χ4n) is 0.808. The highest BCUT2D eigenvalue weighted by atomic mass is 16.6. The predicted molar refractivity (Wildman–Crippen MR) is 23.9 cm³/mol. The van der Waals surface area contributed by atoms with Crippen molar-refractivity contribution in [3.8, 4) is 0 Å². The standard InChI is InChI=1S/C5H8O2/c6-5(1-2-5)4-3-7-4/h4,6H,1-3H2/t4-/m0/s1. The van der Waals surface area contributed by atoms with E-state index >= 15 is 0 Å². The summed E-state index contributed by atoms with van der Waals surface area (Å²) in [4.78, 5) is 0. The minimum Gasteiger partial charge on any atom is -0.387 e. The highest BCUT2D eigenvalue weighted by Gasteiger charge is 2.54. The van der Waals surface area contributed by atoms with E-state index in [9.17, 15) is 0 Å². The lowest BCUT2D eigenvalue weighted by atomic mass is 10.3. The third kappa shape index (κ3) is 0.469. The number of ether oxygens (including phenoxy) is 1. The summed E-state index contributed by atoms with van der Waals surface area (Å²) in [7, 11) is 0. The number of hydrogen-bond donors (Lipinski definition) is 1. The van der Waals surface area contributed by atoms with Crippen molar-refractivity contribution in [2.45, 2.75) is 24.5 Å². The van der Waals surface area contributed by atoms with Gasteiger partial charge in [-0.25, -0.2) is 0 Å². The Morgan fingerprint density at radius 3 is 2.29 bits per heavy atom. The van der Waals surface area contributed by atoms with Gasteiger partial charge in [-0.2, -0.15) is 0 Å². The molecule has 1 saturated heterocycles. The van der Waals surface area contributed by atoms with Crippen molar-refractivity contribution in [2.75, 3.05) is 6.61 Å². The SMILES string of the molecule is OC1([C@@H]2CO2)CC1. The van der Waals surface area contributed by atoms with Crippen LogP contribution in [0.4, 0.5) is 0 Å². The zero-order valence-electron chi connectivity index (χ0n) is 4.05. The molecule has 1 N–H and O–H groups in total. The molecular formula is C5H8O2. The van der Waals surface area contributed by atoms with Gasteiger partial charge in [-0.05, 0) is 12.8 Å². The maximum Gasteiger partial charge on any atom is 0.110 e. The molecular weight excluding hydrogens is 92.1 g/mol. The molecule has 1 saturated carbocycles. The lowest BCUT2D eigenvalue weighted by molar-refractivity contribution is 0.112. The molecule has 0 aromatic rings. The van der Waals surface area contributed by atoms with Crippen molar-refractivity contribution in [3.05, 3.63) is 0 Å². The van der Waals surface area contributed by atoms with Crippen LogP contribution in [0.15, 0.2) is 0 Å². The van der Waals surface area contributed by atoms with E-state index in [1.54, 1.807) is 0 Å². The first kappa shape index (κ1) is 3.87. The molecule has 2 nitrogen and oxygen atoms in total. The smallest absolute Gasteiger partial charge is 0.110 e. The van der Waals surface area contributed by atoms with E-state index in [4.69, 9.17) is 9.84 Å². The first-order valence-electron chi connectivity index (χ1n) is 2.65. The molecule has 1 atom stereocenters. The normalized spacial score (nSPS) is 43.3. The minimum atomic E-state index is -0.361. The Bertz CT molecular complexity index is 92.3. The minimum absolute atomic E-state index is 0.215. The lowest BCUT2D eigenvalue weighted by Crippen LogP contribution is -2.14. The van der Waals surface area contributed by atoms with Crippen LogP contribution in [0.5, 0.6) is 0 Å². The topological polar surface area (TPSA) is 32.8 Å². The zero-order valence-corrected chi connectivity index (χ0v) is 4.05. The van der Waals surface area contributed by atoms with Crippen molar-refractivity contribution >= 4 is 0 Å². The number of rotatable bonds is 1. The highest BCUT2D eigenvalue weighted by molar-refractivity contribution is 5.05. The Balaban J connectivity index is 2.04. The Labute approximate surface area is 42.1 Å². The lowest BCUT2D eigenvalue weighted by Gasteiger charge is -1.96. The molecule has 2 heteroatoms. The molecule has 0 spiro atoms. The Morgan fingerprint density at radius 2 is 2.14 bits per heavy atom. The van der Waals surface area contributed by atoms with Gasteiger partial charge in [0.15, 0.2) is 0 Å². The van der Waals surface area contributed by atoms with Crippen molar-refractivity contribution in [1.29, 1.82) is 0 Å². The molecule has 2 aliphatic rings. The van der Waals surface area contributed by atoms with Crippen molar-refractivity contribution in [1.82, 2.24) is 0 Å². The second kappa shape index (κ2) is 0.858. The summed E-state index contributed by atoms with van der Waals surface area (Å²) in [6.45, 7) is 0.788. The van der Waals surface area contributed by atoms with E-state index in [0.29, 0.717) is 0 Å². The monoisotopic (exact) mass is 100 g/mol. The molecule has 2 fully saturated rings. The molecule has 0 bridgehead atoms. The van der Waals surface area contributed by atoms with E-state index in [2.05, 4.69) is 0 Å². The van der Waals surface area contributed by atoms with Crippen LogP contribution in [0.25, 0.3) is 0 Å². The summed E-state index contributed by atoms with van der Waals surface area (Å²) in [6.07, 6.45) is 2.13. The highest BCUT2D eigenvalue weighted by Crippen LogP contribution is 2.44. The second-order valence-corrected chi connectivity index (χ2v) is 2.43. The van der Waals surface area contributed by atoms with Gasteiger partial charge in [0.1, 0.15) is 6.10 Å². The van der Waals surface area contributed by atoms with E-state index in [1.807, 2.05) is 0 Å². The maximum atomic E-state index is 9.14. The van der Waals surface area contributed by atoms with Crippen LogP contribution < -0.4 is 0 Å². The van der Waals surface area contributed by atoms with E-state index in [-0.39, 0.29) is 11.7 Å². The summed E-state index contributed by atoms with van der Waals surface area (Å²) in [5, 5.41) is 9.14. The second-order valence-electron chi connectivity index (χ2n) is 2.43. The van der Waals surface area contributed by atoms with Crippen molar-refractivity contribution < 1.29 is 9.84 Å². The summed E-state index contributed by atoms with van der Waals surface area (Å²) in [5.74, 6) is 0. The van der Waals surface area contributed by atoms with Crippen LogP contribution in [-0.4, -0.2) is 23.4 Å². The molecule has 1 heterocycles. The van der Waals surface area contributed by atoms with Gasteiger partial charge < -0.3 is 9.84 Å². The first-order valence-corrected chi connectivity index (χ1v) is 2.65. The summed E-state index contributed by atoms with van der Waals surface area (Å²) < 4.78 is 4.89. The summed E-state index contributed by atoms with van der Waals surface area (Å²) >= 11 is 0. The number of hydrogen-bond acceptors (Lipinski definition) is 2. The molecule has 2 rings (SSSR count). The van der Waals surface area contributed by atoms with Gasteiger partial charge >= 0.3 is 0 Å². The van der Waals surface area contributed by atoms with Gasteiger partial charge in [-0.3, -0.25) is 0 Å². The Kier molecular flexibility index (Phi) is 0.474. The van der Waals surface area contributed by atoms with Gasteiger partial charge in [-0.1, -0.05) is 0 Å². The van der Waals surface area contributed by atoms with Crippen molar-refractivity contribution in [2.24, 2.45) is 0 Å². The largest absolute Gasteiger partial charge is 0.387 e. The van der Waals surface area contributed by atoms with Gasteiger partial charge in [0.25, 0.3) is 0 Å². The average molecular weight is 100 g/mol. The third-order valence-corrected chi connectivity index (χ3v) is 1.69. The molecule has 0 amide bonds. The van der Waals surface area contributed by atoms with Gasteiger partial charge in [0.05, 0.1) is 12.2 Å². The molecule has 0 unspecified atom stereocenters. The Morgan fingerprint density at radius 1 is 1.57 bits per heavy atom.